The monoisotopic (exact) mass is 344 g/mol. The third kappa shape index (κ3) is 3.86. The molecule has 1 fully saturated rings. The molecule has 124 valence electrons. The van der Waals surface area contributed by atoms with Crippen LogP contribution in [0.25, 0.3) is 0 Å². The second-order valence-electron chi connectivity index (χ2n) is 5.72. The molecule has 3 rings (SSSR count). The molecule has 0 bridgehead atoms. The molecule has 6 heteroatoms. The van der Waals surface area contributed by atoms with Crippen LogP contribution in [0.1, 0.15) is 23.7 Å². The van der Waals surface area contributed by atoms with Crippen LogP contribution in [-0.2, 0) is 9.53 Å². The van der Waals surface area contributed by atoms with E-state index < -0.39 is 0 Å². The van der Waals surface area contributed by atoms with Crippen LogP contribution in [0, 0.1) is 0 Å². The van der Waals surface area contributed by atoms with E-state index in [4.69, 9.17) is 16.3 Å². The van der Waals surface area contributed by atoms with Gasteiger partial charge in [0.25, 0.3) is 5.91 Å². The molecule has 2 N–H and O–H groups in total. The summed E-state index contributed by atoms with van der Waals surface area (Å²) in [6.45, 7) is 1.87. The average molecular weight is 345 g/mol. The fourth-order valence-corrected chi connectivity index (χ4v) is 2.66. The van der Waals surface area contributed by atoms with Crippen LogP contribution in [0.5, 0.6) is 0 Å². The summed E-state index contributed by atoms with van der Waals surface area (Å²) in [5.41, 5.74) is 2.00. The Kier molecular flexibility index (Phi) is 4.71. The smallest absolute Gasteiger partial charge is 0.328 e. The normalized spacial score (nSPS) is 19.7. The highest BCUT2D eigenvalue weighted by molar-refractivity contribution is 6.30. The van der Waals surface area contributed by atoms with Gasteiger partial charge < -0.3 is 15.4 Å². The Bertz CT molecular complexity index is 744. The molecule has 0 unspecified atom stereocenters. The number of carbonyl (C=O) groups excluding carboxylic acids is 2. The number of carbonyl (C=O) groups is 2. The van der Waals surface area contributed by atoms with Gasteiger partial charge in [0.1, 0.15) is 12.1 Å². The van der Waals surface area contributed by atoms with Crippen molar-refractivity contribution in [1.29, 1.82) is 0 Å². The van der Waals surface area contributed by atoms with E-state index >= 15 is 0 Å². The van der Waals surface area contributed by atoms with Crippen LogP contribution in [-0.4, -0.2) is 24.0 Å². The van der Waals surface area contributed by atoms with E-state index in [-0.39, 0.29) is 24.0 Å². The quantitative estimate of drug-likeness (QED) is 0.830. The Morgan fingerprint density at radius 3 is 2.29 bits per heavy atom. The van der Waals surface area contributed by atoms with Gasteiger partial charge in [0.05, 0.1) is 0 Å². The number of benzene rings is 2. The molecular weight excluding hydrogens is 328 g/mol. The highest BCUT2D eigenvalue weighted by atomic mass is 35.5. The van der Waals surface area contributed by atoms with Crippen molar-refractivity contribution >= 4 is 34.9 Å². The molecule has 0 spiro atoms. The van der Waals surface area contributed by atoms with Crippen LogP contribution in [0.2, 0.25) is 5.02 Å². The average Bonchev–Trinajstić information content (AvgIpc) is 2.87. The van der Waals surface area contributed by atoms with E-state index in [1.54, 1.807) is 36.4 Å². The van der Waals surface area contributed by atoms with Crippen molar-refractivity contribution in [2.45, 2.75) is 25.5 Å². The van der Waals surface area contributed by atoms with Gasteiger partial charge in [-0.3, -0.25) is 4.79 Å². The minimum Gasteiger partial charge on any atom is -0.461 e. The summed E-state index contributed by atoms with van der Waals surface area (Å²) < 4.78 is 5.11. The van der Waals surface area contributed by atoms with E-state index in [0.29, 0.717) is 22.7 Å². The summed E-state index contributed by atoms with van der Waals surface area (Å²) in [6.07, 6.45) is 0.585. The number of hydrogen-bond donors (Lipinski definition) is 2. The second kappa shape index (κ2) is 6.93. The summed E-state index contributed by atoms with van der Waals surface area (Å²) in [7, 11) is 0. The molecule has 0 aliphatic carbocycles. The number of cyclic esters (lactones) is 1. The van der Waals surface area contributed by atoms with Gasteiger partial charge in [-0.1, -0.05) is 11.6 Å². The lowest BCUT2D eigenvalue weighted by molar-refractivity contribution is -0.141. The predicted molar refractivity (Wildman–Crippen MR) is 93.4 cm³/mol. The molecule has 2 atom stereocenters. The van der Waals surface area contributed by atoms with E-state index in [9.17, 15) is 9.59 Å². The zero-order valence-electron chi connectivity index (χ0n) is 13.1. The maximum Gasteiger partial charge on any atom is 0.328 e. The highest BCUT2D eigenvalue weighted by Crippen LogP contribution is 2.21. The maximum absolute atomic E-state index is 12.1. The lowest BCUT2D eigenvalue weighted by atomic mass is 10.1. The van der Waals surface area contributed by atoms with Crippen molar-refractivity contribution in [2.75, 3.05) is 10.6 Å². The standard InChI is InChI=1S/C18H17ClN2O3/c1-11-10-16(18(23)24-11)20-14-6-8-15(9-7-14)21-17(22)12-2-4-13(19)5-3-12/h2-9,11,16,20H,10H2,1H3,(H,21,22)/t11-,16+/m0/s1. The molecule has 0 aromatic heterocycles. The molecule has 0 saturated carbocycles. The fourth-order valence-electron chi connectivity index (χ4n) is 2.53. The zero-order chi connectivity index (χ0) is 17.1. The largest absolute Gasteiger partial charge is 0.461 e. The van der Waals surface area contributed by atoms with Crippen molar-refractivity contribution in [3.8, 4) is 0 Å². The van der Waals surface area contributed by atoms with E-state index in [2.05, 4.69) is 10.6 Å². The Balaban J connectivity index is 1.61. The molecule has 2 aromatic rings. The van der Waals surface area contributed by atoms with Gasteiger partial charge >= 0.3 is 5.97 Å². The topological polar surface area (TPSA) is 67.4 Å². The molecule has 1 aliphatic heterocycles. The zero-order valence-corrected chi connectivity index (χ0v) is 13.8. The Labute approximate surface area is 145 Å². The van der Waals surface area contributed by atoms with Gasteiger partial charge in [0.2, 0.25) is 0 Å². The SMILES string of the molecule is C[C@H]1C[C@@H](Nc2ccc(NC(=O)c3ccc(Cl)cc3)cc2)C(=O)O1. The summed E-state index contributed by atoms with van der Waals surface area (Å²) in [5.74, 6) is -0.441. The molecular formula is C18H17ClN2O3. The maximum atomic E-state index is 12.1. The molecule has 1 amide bonds. The number of anilines is 2. The van der Waals surface area contributed by atoms with E-state index in [0.717, 1.165) is 5.69 Å². The lowest BCUT2D eigenvalue weighted by Crippen LogP contribution is -2.24. The van der Waals surface area contributed by atoms with Crippen LogP contribution in [0.3, 0.4) is 0 Å². The third-order valence-corrected chi connectivity index (χ3v) is 4.01. The van der Waals surface area contributed by atoms with Crippen LogP contribution < -0.4 is 10.6 Å². The molecule has 5 nitrogen and oxygen atoms in total. The van der Waals surface area contributed by atoms with E-state index in [1.165, 1.54) is 0 Å². The van der Waals surface area contributed by atoms with Crippen molar-refractivity contribution in [1.82, 2.24) is 0 Å². The number of amides is 1. The van der Waals surface area contributed by atoms with Gasteiger partial charge in [-0.05, 0) is 55.5 Å². The number of ether oxygens (including phenoxy) is 1. The number of esters is 1. The highest BCUT2D eigenvalue weighted by Gasteiger charge is 2.31. The van der Waals surface area contributed by atoms with Crippen molar-refractivity contribution in [3.63, 3.8) is 0 Å². The van der Waals surface area contributed by atoms with Crippen LogP contribution in [0.15, 0.2) is 48.5 Å². The first kappa shape index (κ1) is 16.3. The Morgan fingerprint density at radius 1 is 1.08 bits per heavy atom. The number of rotatable bonds is 4. The number of halogens is 1. The molecule has 2 aromatic carbocycles. The van der Waals surface area contributed by atoms with Gasteiger partial charge in [0, 0.05) is 28.4 Å². The predicted octanol–water partition coefficient (Wildman–Crippen LogP) is 3.71. The summed E-state index contributed by atoms with van der Waals surface area (Å²) in [6, 6.07) is 13.5. The third-order valence-electron chi connectivity index (χ3n) is 3.76. The Hall–Kier alpha value is -2.53. The number of nitrogens with one attached hydrogen (secondary N) is 2. The van der Waals surface area contributed by atoms with Crippen molar-refractivity contribution in [3.05, 3.63) is 59.1 Å². The summed E-state index contributed by atoms with van der Waals surface area (Å²) >= 11 is 5.81. The molecule has 1 heterocycles. The first-order chi connectivity index (χ1) is 11.5. The molecule has 24 heavy (non-hydrogen) atoms. The summed E-state index contributed by atoms with van der Waals surface area (Å²) in [4.78, 5) is 23.8. The van der Waals surface area contributed by atoms with Crippen LogP contribution >= 0.6 is 11.6 Å². The summed E-state index contributed by atoms with van der Waals surface area (Å²) in [5, 5.41) is 6.54. The van der Waals surface area contributed by atoms with Gasteiger partial charge in [-0.25, -0.2) is 4.79 Å². The second-order valence-corrected chi connectivity index (χ2v) is 6.15. The Morgan fingerprint density at radius 2 is 1.71 bits per heavy atom. The minimum absolute atomic E-state index is 0.0621. The molecule has 0 radical (unpaired) electrons. The van der Waals surface area contributed by atoms with Gasteiger partial charge in [-0.15, -0.1) is 0 Å². The van der Waals surface area contributed by atoms with Gasteiger partial charge in [-0.2, -0.15) is 0 Å². The van der Waals surface area contributed by atoms with Crippen molar-refractivity contribution < 1.29 is 14.3 Å². The number of hydrogen-bond acceptors (Lipinski definition) is 4. The van der Waals surface area contributed by atoms with Crippen molar-refractivity contribution in [2.24, 2.45) is 0 Å². The molecule has 1 aliphatic rings. The first-order valence-corrected chi connectivity index (χ1v) is 8.03. The fraction of sp³-hybridized carbons (Fsp3) is 0.222. The minimum atomic E-state index is -0.325. The van der Waals surface area contributed by atoms with E-state index in [1.807, 2.05) is 19.1 Å². The van der Waals surface area contributed by atoms with Crippen LogP contribution in [0.4, 0.5) is 11.4 Å². The lowest BCUT2D eigenvalue weighted by Gasteiger charge is -2.11. The first-order valence-electron chi connectivity index (χ1n) is 7.65. The van der Waals surface area contributed by atoms with Gasteiger partial charge in [0.15, 0.2) is 0 Å². The molecule has 1 saturated heterocycles.